The van der Waals surface area contributed by atoms with Gasteiger partial charge in [0, 0.05) is 17.2 Å². The van der Waals surface area contributed by atoms with Crippen LogP contribution in [-0.2, 0) is 14.3 Å². The van der Waals surface area contributed by atoms with Gasteiger partial charge in [-0.2, -0.15) is 0 Å². The lowest BCUT2D eigenvalue weighted by molar-refractivity contribution is -0.162. The maximum atomic E-state index is 12.2. The molecule has 1 aliphatic rings. The molecule has 0 amide bonds. The van der Waals surface area contributed by atoms with Crippen LogP contribution in [-0.4, -0.2) is 46.9 Å². The number of hydrogen-bond donors (Lipinski definition) is 1. The van der Waals surface area contributed by atoms with Crippen molar-refractivity contribution in [3.63, 3.8) is 0 Å². The van der Waals surface area contributed by atoms with Gasteiger partial charge in [0.15, 0.2) is 0 Å². The van der Waals surface area contributed by atoms with E-state index < -0.39 is 5.60 Å². The summed E-state index contributed by atoms with van der Waals surface area (Å²) in [5.41, 5.74) is 2.87. The van der Waals surface area contributed by atoms with Crippen molar-refractivity contribution >= 4 is 22.9 Å². The predicted molar refractivity (Wildman–Crippen MR) is 155 cm³/mol. The first-order valence-electron chi connectivity index (χ1n) is 14.0. The average Bonchev–Trinajstić information content (AvgIpc) is 3.33. The fourth-order valence-corrected chi connectivity index (χ4v) is 5.17. The van der Waals surface area contributed by atoms with E-state index in [0.717, 1.165) is 65.1 Å². The Labute approximate surface area is 235 Å². The quantitative estimate of drug-likeness (QED) is 0.225. The fraction of sp³-hybridized carbons (Fsp3) is 0.406. The van der Waals surface area contributed by atoms with E-state index in [2.05, 4.69) is 15.3 Å². The maximum absolute atomic E-state index is 12.2. The third kappa shape index (κ3) is 6.62. The summed E-state index contributed by atoms with van der Waals surface area (Å²) in [5.74, 6) is 1.93. The van der Waals surface area contributed by atoms with Gasteiger partial charge in [-0.15, -0.1) is 0 Å². The highest BCUT2D eigenvalue weighted by Gasteiger charge is 2.27. The van der Waals surface area contributed by atoms with Gasteiger partial charge in [-0.1, -0.05) is 42.5 Å². The minimum atomic E-state index is -0.528. The molecule has 1 N–H and O–H groups in total. The molecule has 0 unspecified atom stereocenters. The number of fused-ring (bicyclic) bond motifs is 1. The van der Waals surface area contributed by atoms with Gasteiger partial charge in [0.2, 0.25) is 5.71 Å². The molecule has 2 aromatic carbocycles. The fourth-order valence-electron chi connectivity index (χ4n) is 5.17. The Morgan fingerprint density at radius 1 is 1.02 bits per heavy atom. The normalized spacial score (nSPS) is 17.5. The molecule has 210 valence electrons. The second-order valence-corrected chi connectivity index (χ2v) is 11.1. The highest BCUT2D eigenvalue weighted by molar-refractivity contribution is 6.05. The van der Waals surface area contributed by atoms with Crippen LogP contribution in [0.2, 0.25) is 0 Å². The van der Waals surface area contributed by atoms with Gasteiger partial charge in [0.25, 0.3) is 0 Å². The Kier molecular flexibility index (Phi) is 8.35. The van der Waals surface area contributed by atoms with Gasteiger partial charge < -0.3 is 23.9 Å². The molecule has 0 spiro atoms. The number of aromatic nitrogens is 2. The lowest BCUT2D eigenvalue weighted by Gasteiger charge is -2.30. The molecule has 1 fully saturated rings. The van der Waals surface area contributed by atoms with E-state index in [0.29, 0.717) is 12.3 Å². The number of hydrogen-bond acceptors (Lipinski definition) is 8. The van der Waals surface area contributed by atoms with Crippen LogP contribution >= 0.6 is 0 Å². The summed E-state index contributed by atoms with van der Waals surface area (Å²) >= 11 is 0. The van der Waals surface area contributed by atoms with Crippen LogP contribution in [0.5, 0.6) is 5.75 Å². The number of carbonyl (C=O) groups excluding carboxylic acids is 1. The topological polar surface area (TPSA) is 95.7 Å². The van der Waals surface area contributed by atoms with Gasteiger partial charge >= 0.3 is 5.97 Å². The van der Waals surface area contributed by atoms with Crippen LogP contribution in [0.3, 0.4) is 0 Å². The highest BCUT2D eigenvalue weighted by atomic mass is 16.6. The predicted octanol–water partition coefficient (Wildman–Crippen LogP) is 7.04. The van der Waals surface area contributed by atoms with Crippen LogP contribution in [0, 0.1) is 0 Å². The summed E-state index contributed by atoms with van der Waals surface area (Å²) in [6, 6.07) is 18.2. The maximum Gasteiger partial charge on any atom is 0.332 e. The Morgan fingerprint density at radius 2 is 1.80 bits per heavy atom. The molecule has 5 rings (SSSR count). The number of benzene rings is 2. The van der Waals surface area contributed by atoms with Crippen LogP contribution in [0.25, 0.3) is 33.6 Å². The number of nitrogens with one attached hydrogen (secondary N) is 1. The van der Waals surface area contributed by atoms with Crippen molar-refractivity contribution in [1.82, 2.24) is 9.97 Å². The van der Waals surface area contributed by atoms with Crippen molar-refractivity contribution in [3.8, 4) is 28.2 Å². The minimum Gasteiger partial charge on any atom is -0.494 e. The first-order valence-corrected chi connectivity index (χ1v) is 14.0. The molecular weight excluding hydrogens is 506 g/mol. The third-order valence-corrected chi connectivity index (χ3v) is 6.80. The number of esters is 1. The van der Waals surface area contributed by atoms with Gasteiger partial charge in [-0.3, -0.25) is 0 Å². The van der Waals surface area contributed by atoms with E-state index in [1.54, 1.807) is 0 Å². The summed E-state index contributed by atoms with van der Waals surface area (Å²) in [5, 5.41) is 4.49. The molecule has 2 atom stereocenters. The van der Waals surface area contributed by atoms with E-state index in [4.69, 9.17) is 18.6 Å². The highest BCUT2D eigenvalue weighted by Crippen LogP contribution is 2.43. The number of anilines is 1. The standard InChI is InChI=1S/C32H37N3O5/c1-5-37-24-16-14-21(15-17-24)27-28-30(33-20-34-31(28)39-29(27)22-10-7-6-8-11-22)35-23-12-9-13-25(18-23)38-19-26(36)40-32(2,3)4/h6-8,10-11,14-17,20,23,25H,5,9,12-13,18-19H2,1-4H3,(H,33,34,35)/t23-,25-/m0/s1. The minimum absolute atomic E-state index is 0.0362. The third-order valence-electron chi connectivity index (χ3n) is 6.80. The molecule has 1 aliphatic carbocycles. The molecule has 2 aromatic heterocycles. The smallest absolute Gasteiger partial charge is 0.332 e. The van der Waals surface area contributed by atoms with Gasteiger partial charge in [0.05, 0.1) is 18.1 Å². The molecule has 1 saturated carbocycles. The van der Waals surface area contributed by atoms with Gasteiger partial charge in [-0.05, 0) is 71.1 Å². The van der Waals surface area contributed by atoms with Crippen molar-refractivity contribution < 1.29 is 23.4 Å². The summed E-state index contributed by atoms with van der Waals surface area (Å²) in [6.07, 6.45) is 5.12. The molecule has 0 radical (unpaired) electrons. The molecule has 4 aromatic rings. The Balaban J connectivity index is 1.43. The zero-order valence-electron chi connectivity index (χ0n) is 23.6. The van der Waals surface area contributed by atoms with Crippen molar-refractivity contribution in [2.45, 2.75) is 71.1 Å². The lowest BCUT2D eigenvalue weighted by Crippen LogP contribution is -2.34. The summed E-state index contributed by atoms with van der Waals surface area (Å²) in [6.45, 7) is 8.10. The van der Waals surface area contributed by atoms with E-state index >= 15 is 0 Å². The molecule has 40 heavy (non-hydrogen) atoms. The largest absolute Gasteiger partial charge is 0.494 e. The summed E-state index contributed by atoms with van der Waals surface area (Å²) < 4.78 is 23.4. The number of rotatable bonds is 9. The van der Waals surface area contributed by atoms with Crippen LogP contribution < -0.4 is 10.1 Å². The molecular formula is C32H37N3O5. The van der Waals surface area contributed by atoms with E-state index in [9.17, 15) is 4.79 Å². The molecule has 8 heteroatoms. The van der Waals surface area contributed by atoms with E-state index in [1.165, 1.54) is 6.33 Å². The summed E-state index contributed by atoms with van der Waals surface area (Å²) in [7, 11) is 0. The monoisotopic (exact) mass is 543 g/mol. The van der Waals surface area contributed by atoms with E-state index in [1.807, 2.05) is 82.3 Å². The molecule has 0 aliphatic heterocycles. The molecule has 2 heterocycles. The molecule has 0 saturated heterocycles. The second kappa shape index (κ2) is 12.1. The zero-order valence-corrected chi connectivity index (χ0v) is 23.6. The lowest BCUT2D eigenvalue weighted by atomic mass is 9.92. The van der Waals surface area contributed by atoms with Crippen molar-refractivity contribution in [3.05, 3.63) is 60.9 Å². The van der Waals surface area contributed by atoms with Gasteiger partial charge in [0.1, 0.15) is 35.9 Å². The van der Waals surface area contributed by atoms with Crippen molar-refractivity contribution in [2.75, 3.05) is 18.5 Å². The van der Waals surface area contributed by atoms with Crippen molar-refractivity contribution in [1.29, 1.82) is 0 Å². The Bertz CT molecular complexity index is 1430. The van der Waals surface area contributed by atoms with Crippen molar-refractivity contribution in [2.24, 2.45) is 0 Å². The second-order valence-electron chi connectivity index (χ2n) is 11.1. The van der Waals surface area contributed by atoms with Crippen LogP contribution in [0.4, 0.5) is 5.82 Å². The molecule has 8 nitrogen and oxygen atoms in total. The van der Waals surface area contributed by atoms with Gasteiger partial charge in [-0.25, -0.2) is 14.8 Å². The number of nitrogens with zero attached hydrogens (tertiary/aromatic N) is 2. The first-order chi connectivity index (χ1) is 19.3. The van der Waals surface area contributed by atoms with Crippen LogP contribution in [0.1, 0.15) is 53.4 Å². The average molecular weight is 544 g/mol. The summed E-state index contributed by atoms with van der Waals surface area (Å²) in [4.78, 5) is 21.3. The number of carbonyl (C=O) groups is 1. The first kappa shape index (κ1) is 27.6. The van der Waals surface area contributed by atoms with Crippen LogP contribution in [0.15, 0.2) is 65.3 Å². The van der Waals surface area contributed by atoms with E-state index in [-0.39, 0.29) is 24.7 Å². The number of furan rings is 1. The number of ether oxygens (including phenoxy) is 3. The Hall–Kier alpha value is -3.91. The Morgan fingerprint density at radius 3 is 2.52 bits per heavy atom. The zero-order chi connectivity index (χ0) is 28.1. The SMILES string of the molecule is CCOc1ccc(-c2c(-c3ccccc3)oc3ncnc(N[C@H]4CCC[C@H](OCC(=O)OC(C)(C)C)C4)c23)cc1. The molecule has 0 bridgehead atoms.